The molecule has 0 radical (unpaired) electrons. The highest BCUT2D eigenvalue weighted by molar-refractivity contribution is 7.92. The van der Waals surface area contributed by atoms with Crippen molar-refractivity contribution in [1.82, 2.24) is 0 Å². The maximum atomic E-state index is 12.9. The van der Waals surface area contributed by atoms with E-state index in [9.17, 15) is 18.0 Å². The van der Waals surface area contributed by atoms with Crippen molar-refractivity contribution in [3.05, 3.63) is 95.1 Å². The first-order chi connectivity index (χ1) is 12.5. The van der Waals surface area contributed by atoms with E-state index in [0.29, 0.717) is 5.69 Å². The first-order valence-electron chi connectivity index (χ1n) is 7.88. The zero-order valence-electron chi connectivity index (χ0n) is 13.5. The number of carbonyl (C=O) groups excluding carboxylic acids is 2. The molecule has 128 valence electrons. The lowest BCUT2D eigenvalue weighted by Gasteiger charge is -2.20. The molecule has 0 aliphatic heterocycles. The minimum absolute atomic E-state index is 0.0837. The molecular weight excluding hydrogens is 350 g/mol. The van der Waals surface area contributed by atoms with Gasteiger partial charge in [-0.05, 0) is 18.2 Å². The van der Waals surface area contributed by atoms with E-state index < -0.39 is 15.8 Å². The molecule has 0 saturated carbocycles. The van der Waals surface area contributed by atoms with E-state index in [2.05, 4.69) is 4.72 Å². The Morgan fingerprint density at radius 2 is 1.19 bits per heavy atom. The normalized spacial score (nSPS) is 13.1. The number of anilines is 1. The summed E-state index contributed by atoms with van der Waals surface area (Å²) in [7, 11) is -4.04. The molecule has 1 aliphatic carbocycles. The quantitative estimate of drug-likeness (QED) is 0.606. The third kappa shape index (κ3) is 2.51. The number of para-hydroxylation sites is 1. The van der Waals surface area contributed by atoms with E-state index in [4.69, 9.17) is 0 Å². The van der Waals surface area contributed by atoms with Crippen molar-refractivity contribution in [2.24, 2.45) is 0 Å². The molecule has 26 heavy (non-hydrogen) atoms. The van der Waals surface area contributed by atoms with Gasteiger partial charge in [-0.25, -0.2) is 8.42 Å². The summed E-state index contributed by atoms with van der Waals surface area (Å²) in [6.07, 6.45) is 0. The third-order valence-corrected chi connectivity index (χ3v) is 5.65. The number of rotatable bonds is 3. The fourth-order valence-corrected chi connectivity index (χ4v) is 4.34. The fraction of sp³-hybridized carbons (Fsp3) is 0. The van der Waals surface area contributed by atoms with Gasteiger partial charge in [0, 0.05) is 22.4 Å². The van der Waals surface area contributed by atoms with E-state index >= 15 is 0 Å². The summed E-state index contributed by atoms with van der Waals surface area (Å²) >= 11 is 0. The van der Waals surface area contributed by atoms with E-state index in [1.165, 1.54) is 24.3 Å². The highest BCUT2D eigenvalue weighted by Gasteiger charge is 2.34. The molecule has 1 aliphatic rings. The second-order valence-corrected chi connectivity index (χ2v) is 7.50. The molecule has 5 nitrogen and oxygen atoms in total. The monoisotopic (exact) mass is 363 g/mol. The standard InChI is InChI=1S/C20H13NO4S/c22-19-14-9-4-5-10-15(14)20(23)18-16(19)11-6-12-17(18)26(24,25)21-13-7-2-1-3-8-13/h1-12,21H. The van der Waals surface area contributed by atoms with Crippen molar-refractivity contribution < 1.29 is 18.0 Å². The maximum absolute atomic E-state index is 12.9. The van der Waals surface area contributed by atoms with Crippen LogP contribution in [0, 0.1) is 0 Å². The van der Waals surface area contributed by atoms with Crippen LogP contribution in [0.25, 0.3) is 0 Å². The fourth-order valence-electron chi connectivity index (χ4n) is 3.05. The van der Waals surface area contributed by atoms with Gasteiger partial charge in [-0.2, -0.15) is 0 Å². The van der Waals surface area contributed by atoms with Crippen LogP contribution in [0.5, 0.6) is 0 Å². The van der Waals surface area contributed by atoms with Crippen LogP contribution in [-0.4, -0.2) is 20.0 Å². The Morgan fingerprint density at radius 1 is 0.615 bits per heavy atom. The van der Waals surface area contributed by atoms with Gasteiger partial charge < -0.3 is 0 Å². The van der Waals surface area contributed by atoms with Crippen molar-refractivity contribution in [2.75, 3.05) is 4.72 Å². The van der Waals surface area contributed by atoms with Crippen molar-refractivity contribution >= 4 is 27.3 Å². The Labute approximate surface area is 150 Å². The number of carbonyl (C=O) groups is 2. The Bertz CT molecular complexity index is 1150. The average molecular weight is 363 g/mol. The molecule has 0 spiro atoms. The summed E-state index contributed by atoms with van der Waals surface area (Å²) in [6, 6.07) is 19.1. The third-order valence-electron chi connectivity index (χ3n) is 4.23. The average Bonchev–Trinajstić information content (AvgIpc) is 2.66. The molecular formula is C20H13NO4S. The topological polar surface area (TPSA) is 80.3 Å². The second-order valence-electron chi connectivity index (χ2n) is 5.85. The van der Waals surface area contributed by atoms with Gasteiger partial charge in [0.2, 0.25) is 0 Å². The zero-order chi connectivity index (χ0) is 18.3. The molecule has 6 heteroatoms. The van der Waals surface area contributed by atoms with E-state index in [1.807, 2.05) is 0 Å². The van der Waals surface area contributed by atoms with Crippen LogP contribution < -0.4 is 4.72 Å². The summed E-state index contributed by atoms with van der Waals surface area (Å²) in [6.45, 7) is 0. The molecule has 3 aromatic carbocycles. The Morgan fingerprint density at radius 3 is 1.88 bits per heavy atom. The van der Waals surface area contributed by atoms with Crippen LogP contribution >= 0.6 is 0 Å². The molecule has 0 bridgehead atoms. The van der Waals surface area contributed by atoms with Crippen molar-refractivity contribution in [2.45, 2.75) is 4.90 Å². The zero-order valence-corrected chi connectivity index (χ0v) is 14.3. The predicted molar refractivity (Wildman–Crippen MR) is 97.0 cm³/mol. The van der Waals surface area contributed by atoms with E-state index in [1.54, 1.807) is 48.5 Å². The van der Waals surface area contributed by atoms with Crippen molar-refractivity contribution in [1.29, 1.82) is 0 Å². The van der Waals surface area contributed by atoms with Gasteiger partial charge in [0.25, 0.3) is 10.0 Å². The summed E-state index contributed by atoms with van der Waals surface area (Å²) in [5, 5.41) is 0. The van der Waals surface area contributed by atoms with Crippen LogP contribution in [0.15, 0.2) is 77.7 Å². The summed E-state index contributed by atoms with van der Waals surface area (Å²) in [4.78, 5) is 25.5. The minimum Gasteiger partial charge on any atom is -0.289 e. The largest absolute Gasteiger partial charge is 0.289 e. The number of fused-ring (bicyclic) bond motifs is 2. The lowest BCUT2D eigenvalue weighted by atomic mass is 9.84. The van der Waals surface area contributed by atoms with Crippen LogP contribution in [0.1, 0.15) is 31.8 Å². The van der Waals surface area contributed by atoms with Crippen molar-refractivity contribution in [3.63, 3.8) is 0 Å². The maximum Gasteiger partial charge on any atom is 0.262 e. The SMILES string of the molecule is O=C1c2ccccc2C(=O)c2c1cccc2S(=O)(=O)Nc1ccccc1. The smallest absolute Gasteiger partial charge is 0.262 e. The molecule has 0 heterocycles. The van der Waals surface area contributed by atoms with Crippen molar-refractivity contribution in [3.8, 4) is 0 Å². The molecule has 1 N–H and O–H groups in total. The van der Waals surface area contributed by atoms with E-state index in [-0.39, 0.29) is 32.9 Å². The molecule has 0 atom stereocenters. The summed E-state index contributed by atoms with van der Waals surface area (Å²) in [5.41, 5.74) is 0.896. The number of ketones is 2. The minimum atomic E-state index is -4.04. The van der Waals surface area contributed by atoms with Crippen LogP contribution in [-0.2, 0) is 10.0 Å². The van der Waals surface area contributed by atoms with E-state index in [0.717, 1.165) is 0 Å². The Balaban J connectivity index is 1.88. The molecule has 4 rings (SSSR count). The molecule has 0 unspecified atom stereocenters. The Kier molecular flexibility index (Phi) is 3.70. The molecule has 3 aromatic rings. The van der Waals surface area contributed by atoms with Gasteiger partial charge in [0.15, 0.2) is 11.6 Å². The molecule has 0 aromatic heterocycles. The number of hydrogen-bond donors (Lipinski definition) is 1. The number of hydrogen-bond acceptors (Lipinski definition) is 4. The van der Waals surface area contributed by atoms with Crippen LogP contribution in [0.2, 0.25) is 0 Å². The first-order valence-corrected chi connectivity index (χ1v) is 9.37. The second kappa shape index (κ2) is 5.93. The highest BCUT2D eigenvalue weighted by atomic mass is 32.2. The first kappa shape index (κ1) is 16.2. The van der Waals surface area contributed by atoms with Gasteiger partial charge in [0.05, 0.1) is 10.5 Å². The predicted octanol–water partition coefficient (Wildman–Crippen LogP) is 3.26. The Hall–Kier alpha value is -3.25. The van der Waals surface area contributed by atoms with Gasteiger partial charge in [-0.3, -0.25) is 14.3 Å². The number of nitrogens with one attached hydrogen (secondary N) is 1. The lowest BCUT2D eigenvalue weighted by molar-refractivity contribution is 0.0976. The molecule has 0 saturated heterocycles. The van der Waals surface area contributed by atoms with Gasteiger partial charge in [-0.15, -0.1) is 0 Å². The molecule has 0 amide bonds. The van der Waals surface area contributed by atoms with Gasteiger partial charge in [-0.1, -0.05) is 54.6 Å². The molecule has 0 fully saturated rings. The van der Waals surface area contributed by atoms with Crippen LogP contribution in [0.4, 0.5) is 5.69 Å². The van der Waals surface area contributed by atoms with Gasteiger partial charge in [0.1, 0.15) is 0 Å². The number of sulfonamides is 1. The lowest BCUT2D eigenvalue weighted by Crippen LogP contribution is -2.25. The number of benzene rings is 3. The summed E-state index contributed by atoms with van der Waals surface area (Å²) in [5.74, 6) is -0.823. The van der Waals surface area contributed by atoms with Crippen LogP contribution in [0.3, 0.4) is 0 Å². The van der Waals surface area contributed by atoms with Gasteiger partial charge >= 0.3 is 0 Å². The summed E-state index contributed by atoms with van der Waals surface area (Å²) < 4.78 is 28.2. The highest BCUT2D eigenvalue weighted by Crippen LogP contribution is 2.32.